The van der Waals surface area contributed by atoms with Gasteiger partial charge in [-0.1, -0.05) is 35.9 Å². The molecule has 0 atom stereocenters. The Kier molecular flexibility index (Phi) is 7.94. The van der Waals surface area contributed by atoms with Crippen molar-refractivity contribution in [2.45, 2.75) is 6.61 Å². The number of morpholine rings is 1. The van der Waals surface area contributed by atoms with Crippen LogP contribution in [0.1, 0.15) is 11.1 Å². The fourth-order valence-electron chi connectivity index (χ4n) is 3.33. The first-order valence-corrected chi connectivity index (χ1v) is 12.5. The Balaban J connectivity index is 1.41. The van der Waals surface area contributed by atoms with E-state index in [1.54, 1.807) is 11.0 Å². The summed E-state index contributed by atoms with van der Waals surface area (Å²) in [5, 5.41) is 0.203. The lowest BCUT2D eigenvalue weighted by atomic mass is 10.2. The zero-order valence-electron chi connectivity index (χ0n) is 17.5. The first-order chi connectivity index (χ1) is 15.9. The summed E-state index contributed by atoms with van der Waals surface area (Å²) >= 11 is 9.18. The van der Waals surface area contributed by atoms with Crippen LogP contribution < -0.4 is 4.74 Å². The molecule has 172 valence electrons. The molecule has 4 rings (SSSR count). The van der Waals surface area contributed by atoms with Gasteiger partial charge in [-0.3, -0.25) is 19.3 Å². The highest BCUT2D eigenvalue weighted by molar-refractivity contribution is 14.1. The monoisotopic (exact) mass is 598 g/mol. The van der Waals surface area contributed by atoms with E-state index in [-0.39, 0.29) is 17.4 Å². The zero-order chi connectivity index (χ0) is 23.4. The van der Waals surface area contributed by atoms with Crippen molar-refractivity contribution in [1.82, 2.24) is 9.80 Å². The Labute approximate surface area is 214 Å². The van der Waals surface area contributed by atoms with Gasteiger partial charge in [0.1, 0.15) is 18.9 Å². The molecule has 3 amide bonds. The summed E-state index contributed by atoms with van der Waals surface area (Å²) in [6.07, 6.45) is 1.66. The molecule has 0 unspecified atom stereocenters. The van der Waals surface area contributed by atoms with Crippen molar-refractivity contribution in [3.05, 3.63) is 67.1 Å². The van der Waals surface area contributed by atoms with E-state index in [0.717, 1.165) is 31.4 Å². The van der Waals surface area contributed by atoms with Crippen molar-refractivity contribution < 1.29 is 23.9 Å². The second-order valence-corrected chi connectivity index (χ2v) is 9.89. The van der Waals surface area contributed by atoms with Crippen LogP contribution in [0.15, 0.2) is 47.4 Å². The summed E-state index contributed by atoms with van der Waals surface area (Å²) in [7, 11) is 0. The summed E-state index contributed by atoms with van der Waals surface area (Å²) in [4.78, 5) is 40.5. The Morgan fingerprint density at radius 3 is 2.67 bits per heavy atom. The SMILES string of the molecule is O=C(CN1C(=O)S/C(=C/c2ccc(OCc3ccccc3Cl)c(I)c2)C1=O)N1CCOCC1. The average molecular weight is 599 g/mol. The Morgan fingerprint density at radius 1 is 1.18 bits per heavy atom. The number of benzene rings is 2. The van der Waals surface area contributed by atoms with Crippen LogP contribution in [0.4, 0.5) is 4.79 Å². The van der Waals surface area contributed by atoms with Crippen LogP contribution in [0.2, 0.25) is 5.02 Å². The number of hydrogen-bond acceptors (Lipinski definition) is 6. The van der Waals surface area contributed by atoms with E-state index in [4.69, 9.17) is 21.1 Å². The third kappa shape index (κ3) is 5.89. The Bertz CT molecular complexity index is 1120. The number of halogens is 2. The summed E-state index contributed by atoms with van der Waals surface area (Å²) in [5.41, 5.74) is 1.65. The van der Waals surface area contributed by atoms with E-state index >= 15 is 0 Å². The molecule has 0 spiro atoms. The molecule has 2 aliphatic heterocycles. The molecule has 10 heteroatoms. The minimum Gasteiger partial charge on any atom is -0.488 e. The third-order valence-electron chi connectivity index (χ3n) is 5.13. The van der Waals surface area contributed by atoms with E-state index in [2.05, 4.69) is 22.6 Å². The molecule has 7 nitrogen and oxygen atoms in total. The molecule has 2 aromatic carbocycles. The minimum atomic E-state index is -0.458. The van der Waals surface area contributed by atoms with Gasteiger partial charge < -0.3 is 14.4 Å². The van der Waals surface area contributed by atoms with Crippen molar-refractivity contribution in [2.24, 2.45) is 0 Å². The standard InChI is InChI=1S/C23H20ClIN2O5S/c24-17-4-2-1-3-16(17)14-32-19-6-5-15(11-18(19)25)12-20-22(29)27(23(30)33-20)13-21(28)26-7-9-31-10-8-26/h1-6,11-12H,7-10,13-14H2/b20-12+. The Morgan fingerprint density at radius 2 is 1.94 bits per heavy atom. The highest BCUT2D eigenvalue weighted by Crippen LogP contribution is 2.33. The molecule has 2 heterocycles. The van der Waals surface area contributed by atoms with Gasteiger partial charge >= 0.3 is 0 Å². The first-order valence-electron chi connectivity index (χ1n) is 10.2. The molecule has 2 saturated heterocycles. The lowest BCUT2D eigenvalue weighted by molar-refractivity contribution is -0.139. The van der Waals surface area contributed by atoms with Crippen LogP contribution >= 0.6 is 46.0 Å². The second kappa shape index (κ2) is 10.9. The number of rotatable bonds is 6. The second-order valence-electron chi connectivity index (χ2n) is 7.33. The number of hydrogen-bond donors (Lipinski definition) is 0. The number of carbonyl (C=O) groups excluding carboxylic acids is 3. The van der Waals surface area contributed by atoms with Crippen molar-refractivity contribution in [3.8, 4) is 5.75 Å². The summed E-state index contributed by atoms with van der Waals surface area (Å²) < 4.78 is 12.0. The van der Waals surface area contributed by atoms with Crippen molar-refractivity contribution in [1.29, 1.82) is 0 Å². The van der Waals surface area contributed by atoms with Gasteiger partial charge in [0.2, 0.25) is 5.91 Å². The number of nitrogens with zero attached hydrogens (tertiary/aromatic N) is 2. The molecule has 0 aromatic heterocycles. The third-order valence-corrected chi connectivity index (χ3v) is 7.24. The number of ether oxygens (including phenoxy) is 2. The molecule has 0 bridgehead atoms. The topological polar surface area (TPSA) is 76.2 Å². The predicted octanol–water partition coefficient (Wildman–Crippen LogP) is 4.42. The lowest BCUT2D eigenvalue weighted by Gasteiger charge is -2.28. The van der Waals surface area contributed by atoms with Crippen molar-refractivity contribution in [2.75, 3.05) is 32.8 Å². The quantitative estimate of drug-likeness (QED) is 0.362. The van der Waals surface area contributed by atoms with E-state index in [9.17, 15) is 14.4 Å². The fraction of sp³-hybridized carbons (Fsp3) is 0.261. The van der Waals surface area contributed by atoms with Crippen LogP contribution in [0.25, 0.3) is 6.08 Å². The maximum atomic E-state index is 12.8. The lowest BCUT2D eigenvalue weighted by Crippen LogP contribution is -2.46. The Hall–Kier alpha value is -2.08. The van der Waals surface area contributed by atoms with Gasteiger partial charge in [-0.2, -0.15) is 0 Å². The highest BCUT2D eigenvalue weighted by atomic mass is 127. The highest BCUT2D eigenvalue weighted by Gasteiger charge is 2.37. The molecular weight excluding hydrogens is 579 g/mol. The molecule has 0 radical (unpaired) electrons. The maximum Gasteiger partial charge on any atom is 0.294 e. The van der Waals surface area contributed by atoms with E-state index in [1.165, 1.54) is 0 Å². The number of thioether (sulfide) groups is 1. The van der Waals surface area contributed by atoms with Gasteiger partial charge in [0.25, 0.3) is 11.1 Å². The molecule has 0 aliphatic carbocycles. The largest absolute Gasteiger partial charge is 0.488 e. The van der Waals surface area contributed by atoms with Crippen LogP contribution in [0, 0.1) is 3.57 Å². The molecule has 2 aromatic rings. The van der Waals surface area contributed by atoms with Gasteiger partial charge in [0.05, 0.1) is 21.7 Å². The van der Waals surface area contributed by atoms with Crippen LogP contribution in [-0.4, -0.2) is 59.7 Å². The molecular formula is C23H20ClIN2O5S. The van der Waals surface area contributed by atoms with Gasteiger partial charge in [-0.15, -0.1) is 0 Å². The van der Waals surface area contributed by atoms with Gasteiger partial charge in [-0.05, 0) is 64.2 Å². The maximum absolute atomic E-state index is 12.8. The van der Waals surface area contributed by atoms with Gasteiger partial charge in [0.15, 0.2) is 0 Å². The smallest absolute Gasteiger partial charge is 0.294 e. The summed E-state index contributed by atoms with van der Waals surface area (Å²) in [6, 6.07) is 13.0. The minimum absolute atomic E-state index is 0.253. The van der Waals surface area contributed by atoms with Crippen molar-refractivity contribution in [3.63, 3.8) is 0 Å². The predicted molar refractivity (Wildman–Crippen MR) is 135 cm³/mol. The van der Waals surface area contributed by atoms with Crippen LogP contribution in [0.3, 0.4) is 0 Å². The number of amides is 3. The van der Waals surface area contributed by atoms with E-state index < -0.39 is 11.1 Å². The first kappa shape index (κ1) is 24.1. The average Bonchev–Trinajstić information content (AvgIpc) is 3.07. The van der Waals surface area contributed by atoms with E-state index in [0.29, 0.717) is 43.7 Å². The number of imide groups is 1. The summed E-state index contributed by atoms with van der Waals surface area (Å²) in [5.74, 6) is -0.0195. The number of carbonyl (C=O) groups is 3. The van der Waals surface area contributed by atoms with Crippen molar-refractivity contribution >= 4 is 69.1 Å². The summed E-state index contributed by atoms with van der Waals surface area (Å²) in [6.45, 7) is 1.94. The molecule has 0 N–H and O–H groups in total. The van der Waals surface area contributed by atoms with Crippen LogP contribution in [-0.2, 0) is 20.9 Å². The van der Waals surface area contributed by atoms with Crippen LogP contribution in [0.5, 0.6) is 5.75 Å². The fourth-order valence-corrected chi connectivity index (χ4v) is 5.05. The molecule has 2 fully saturated rings. The van der Waals surface area contributed by atoms with Gasteiger partial charge in [-0.25, -0.2) is 0 Å². The van der Waals surface area contributed by atoms with E-state index in [1.807, 2.05) is 42.5 Å². The molecule has 0 saturated carbocycles. The normalized spacial score (nSPS) is 17.7. The van der Waals surface area contributed by atoms with Gasteiger partial charge in [0, 0.05) is 23.7 Å². The molecule has 33 heavy (non-hydrogen) atoms. The zero-order valence-corrected chi connectivity index (χ0v) is 21.2. The molecule has 2 aliphatic rings.